The maximum absolute atomic E-state index is 14.8. The van der Waals surface area contributed by atoms with Gasteiger partial charge in [-0.2, -0.15) is 18.6 Å². The number of phosphoric acid groups is 3. The molecule has 0 radical (unpaired) electrons. The molecule has 1 aliphatic heterocycles. The lowest BCUT2D eigenvalue weighted by molar-refractivity contribution is -0.209. The van der Waals surface area contributed by atoms with Crippen molar-refractivity contribution < 1.29 is 60.6 Å². The molecule has 1 saturated heterocycles. The lowest BCUT2D eigenvalue weighted by Gasteiger charge is -2.40. The van der Waals surface area contributed by atoms with E-state index in [9.17, 15) is 33.0 Å². The zero-order chi connectivity index (χ0) is 25.6. The number of aliphatic hydroxyl groups excluding tert-OH is 1. The molecule has 18 nitrogen and oxygen atoms in total. The van der Waals surface area contributed by atoms with Gasteiger partial charge >= 0.3 is 23.5 Å². The molecule has 1 aliphatic rings. The Morgan fingerprint density at radius 3 is 2.41 bits per heavy atom. The van der Waals surface area contributed by atoms with E-state index in [1.54, 1.807) is 0 Å². The topological polar surface area (TPSA) is 285 Å². The van der Waals surface area contributed by atoms with E-state index >= 15 is 0 Å². The summed E-state index contributed by atoms with van der Waals surface area (Å²) in [6.07, 6.45) is -5.53. The van der Waals surface area contributed by atoms with Gasteiger partial charge in [0.25, 0.3) is 0 Å². The molecular formula is C12H20FN6O12P3. The normalized spacial score (nSPS) is 29.6. The molecule has 1 fully saturated rings. The quantitative estimate of drug-likeness (QED) is 0.204. The molecule has 2 aromatic heterocycles. The van der Waals surface area contributed by atoms with Gasteiger partial charge in [-0.15, -0.1) is 0 Å². The van der Waals surface area contributed by atoms with Crippen LogP contribution >= 0.6 is 23.5 Å². The second-order valence-corrected chi connectivity index (χ2v) is 11.5. The summed E-state index contributed by atoms with van der Waals surface area (Å²) >= 11 is 0. The third-order valence-corrected chi connectivity index (χ3v) is 8.33. The third-order valence-electron chi connectivity index (χ3n) is 4.53. The van der Waals surface area contributed by atoms with Gasteiger partial charge < -0.3 is 40.9 Å². The van der Waals surface area contributed by atoms with Gasteiger partial charge in [0, 0.05) is 5.92 Å². The summed E-state index contributed by atoms with van der Waals surface area (Å²) < 4.78 is 67.3. The van der Waals surface area contributed by atoms with Crippen molar-refractivity contribution in [2.24, 2.45) is 5.92 Å². The zero-order valence-corrected chi connectivity index (χ0v) is 19.6. The highest BCUT2D eigenvalue weighted by atomic mass is 31.3. The van der Waals surface area contributed by atoms with Gasteiger partial charge in [0.1, 0.15) is 30.1 Å². The number of ether oxygens (including phenoxy) is 1. The van der Waals surface area contributed by atoms with Gasteiger partial charge in [-0.1, -0.05) is 6.92 Å². The van der Waals surface area contributed by atoms with Crippen molar-refractivity contribution in [2.45, 2.75) is 31.5 Å². The van der Waals surface area contributed by atoms with Crippen LogP contribution in [0.5, 0.6) is 0 Å². The zero-order valence-electron chi connectivity index (χ0n) is 16.9. The number of halogens is 1. The van der Waals surface area contributed by atoms with Crippen molar-refractivity contribution in [1.82, 2.24) is 19.5 Å². The monoisotopic (exact) mass is 552 g/mol. The van der Waals surface area contributed by atoms with Crippen LogP contribution in [-0.4, -0.2) is 69.2 Å². The van der Waals surface area contributed by atoms with E-state index in [4.69, 9.17) is 26.0 Å². The van der Waals surface area contributed by atoms with Crippen LogP contribution in [0.3, 0.4) is 0 Å². The molecule has 22 heteroatoms. The molecule has 0 amide bonds. The Labute approximate surface area is 189 Å². The first-order valence-electron chi connectivity index (χ1n) is 9.01. The fourth-order valence-corrected chi connectivity index (χ4v) is 6.16. The van der Waals surface area contributed by atoms with Crippen molar-refractivity contribution in [1.29, 1.82) is 0 Å². The minimum atomic E-state index is -5.76. The minimum absolute atomic E-state index is 0.0641. The number of phosphoric ester groups is 1. The fraction of sp³-hybridized carbons (Fsp3) is 0.583. The number of nitrogens with zero attached hydrogens (tertiary/aromatic N) is 4. The van der Waals surface area contributed by atoms with Gasteiger partial charge in [-0.25, -0.2) is 23.1 Å². The van der Waals surface area contributed by atoms with Gasteiger partial charge in [0.2, 0.25) is 5.95 Å². The predicted molar refractivity (Wildman–Crippen MR) is 108 cm³/mol. The number of hydrogen-bond donors (Lipinski definition) is 7. The number of alkyl halides is 1. The van der Waals surface area contributed by atoms with E-state index in [0.29, 0.717) is 0 Å². The van der Waals surface area contributed by atoms with Crippen LogP contribution in [0.1, 0.15) is 13.2 Å². The highest BCUT2D eigenvalue weighted by molar-refractivity contribution is 7.66. The Morgan fingerprint density at radius 2 is 1.79 bits per heavy atom. The molecule has 0 bridgehead atoms. The summed E-state index contributed by atoms with van der Waals surface area (Å²) in [5.74, 6) is -1.30. The first kappa shape index (κ1) is 27.0. The molecule has 2 aromatic rings. The van der Waals surface area contributed by atoms with Crippen LogP contribution in [0.2, 0.25) is 0 Å². The van der Waals surface area contributed by atoms with Crippen LogP contribution in [-0.2, 0) is 31.6 Å². The largest absolute Gasteiger partial charge is 0.490 e. The van der Waals surface area contributed by atoms with Gasteiger partial charge in [-0.3, -0.25) is 9.09 Å². The summed E-state index contributed by atoms with van der Waals surface area (Å²) in [6, 6.07) is 0. The average Bonchev–Trinajstić information content (AvgIpc) is 3.06. The van der Waals surface area contributed by atoms with E-state index in [0.717, 1.165) is 0 Å². The Hall–Kier alpha value is -1.59. The number of hydrogen-bond acceptors (Lipinski definition) is 13. The van der Waals surface area contributed by atoms with E-state index < -0.39 is 60.6 Å². The summed E-state index contributed by atoms with van der Waals surface area (Å²) in [7, 11) is -16.9. The third kappa shape index (κ3) is 6.15. The van der Waals surface area contributed by atoms with Crippen LogP contribution in [0.25, 0.3) is 11.2 Å². The molecule has 3 rings (SSSR count). The molecular weight excluding hydrogens is 532 g/mol. The number of aliphatic hydroxyl groups is 1. The summed E-state index contributed by atoms with van der Waals surface area (Å²) in [5, 5.41) is 10.2. The summed E-state index contributed by atoms with van der Waals surface area (Å²) in [6.45, 7) is 0.317. The summed E-state index contributed by atoms with van der Waals surface area (Å²) in [4.78, 5) is 47.6. The molecule has 0 spiro atoms. The Kier molecular flexibility index (Phi) is 7.51. The molecule has 3 heterocycles. The molecule has 0 aliphatic carbocycles. The van der Waals surface area contributed by atoms with Crippen molar-refractivity contribution >= 4 is 46.4 Å². The van der Waals surface area contributed by atoms with Gasteiger partial charge in [0.05, 0.1) is 12.9 Å². The van der Waals surface area contributed by atoms with Crippen LogP contribution in [0, 0.1) is 5.92 Å². The maximum Gasteiger partial charge on any atom is 0.490 e. The SMILES string of the molecule is CC1C(F)C(O)[C@@H](COP(=O)(O)OP(=O)(O)OP(=O)(O)O)O[C@H]1n1cnc2c(N)nc(N)nc21. The molecule has 34 heavy (non-hydrogen) atoms. The highest BCUT2D eigenvalue weighted by Gasteiger charge is 2.47. The van der Waals surface area contributed by atoms with Crippen LogP contribution in [0.15, 0.2) is 6.33 Å². The van der Waals surface area contributed by atoms with E-state index in [1.165, 1.54) is 17.8 Å². The van der Waals surface area contributed by atoms with E-state index in [1.807, 2.05) is 0 Å². The molecule has 192 valence electrons. The van der Waals surface area contributed by atoms with Gasteiger partial charge in [0.15, 0.2) is 11.5 Å². The second kappa shape index (κ2) is 9.46. The first-order valence-corrected chi connectivity index (χ1v) is 13.5. The van der Waals surface area contributed by atoms with Crippen molar-refractivity contribution in [3.63, 3.8) is 0 Å². The van der Waals surface area contributed by atoms with Crippen molar-refractivity contribution in [3.8, 4) is 0 Å². The van der Waals surface area contributed by atoms with Crippen LogP contribution < -0.4 is 11.5 Å². The Morgan fingerprint density at radius 1 is 1.15 bits per heavy atom. The summed E-state index contributed by atoms with van der Waals surface area (Å²) in [5.41, 5.74) is 11.5. The molecule has 0 aromatic carbocycles. The lowest BCUT2D eigenvalue weighted by Crippen LogP contribution is -2.51. The number of imidazole rings is 1. The van der Waals surface area contributed by atoms with Gasteiger partial charge in [-0.05, 0) is 0 Å². The molecule has 0 saturated carbocycles. The fourth-order valence-electron chi connectivity index (χ4n) is 3.13. The second-order valence-electron chi connectivity index (χ2n) is 7.04. The number of anilines is 2. The molecule has 9 N–H and O–H groups in total. The van der Waals surface area contributed by atoms with Crippen molar-refractivity contribution in [3.05, 3.63) is 6.33 Å². The van der Waals surface area contributed by atoms with Crippen LogP contribution in [0.4, 0.5) is 16.2 Å². The number of nitrogens with two attached hydrogens (primary N) is 2. The maximum atomic E-state index is 14.8. The number of nitrogen functional groups attached to an aromatic ring is 2. The first-order chi connectivity index (χ1) is 15.5. The van der Waals surface area contributed by atoms with Crippen molar-refractivity contribution in [2.75, 3.05) is 18.1 Å². The number of rotatable bonds is 8. The Bertz CT molecular complexity index is 1210. The minimum Gasteiger partial charge on any atom is -0.387 e. The van der Waals surface area contributed by atoms with E-state index in [-0.39, 0.29) is 22.9 Å². The standard InChI is InChI=1S/C12H20FN6O12P3/c1-4-6(13)8(20)5(2-28-33(24,25)31-34(26,27)30-32(21,22)23)29-11(4)19-3-16-7-9(14)17-12(15)18-10(7)19/h3-6,8,11,20H,2H2,1H3,(H,24,25)(H,26,27)(H2,21,22,23)(H4,14,15,17,18)/t4?,5-,6?,8?,11-/m1/s1. The van der Waals surface area contributed by atoms with E-state index in [2.05, 4.69) is 28.1 Å². The average molecular weight is 552 g/mol. The number of aromatic nitrogens is 4. The Balaban J connectivity index is 1.79. The molecule has 7 atom stereocenters. The number of fused-ring (bicyclic) bond motifs is 1. The highest BCUT2D eigenvalue weighted by Crippen LogP contribution is 2.66. The lowest BCUT2D eigenvalue weighted by atomic mass is 9.92. The predicted octanol–water partition coefficient (Wildman–Crippen LogP) is -0.434. The smallest absolute Gasteiger partial charge is 0.387 e. The molecule has 5 unspecified atom stereocenters.